The Labute approximate surface area is 109 Å². The average molecular weight is 256 g/mol. The number of hydrogen-bond acceptors (Lipinski definition) is 4. The Morgan fingerprint density at radius 3 is 2.61 bits per heavy atom. The quantitative estimate of drug-likeness (QED) is 0.790. The van der Waals surface area contributed by atoms with Crippen LogP contribution in [0, 0.1) is 0 Å². The van der Waals surface area contributed by atoms with Crippen molar-refractivity contribution in [2.45, 2.75) is 37.8 Å². The largest absolute Gasteiger partial charge is 0.381 e. The molecular weight excluding hydrogens is 232 g/mol. The molecule has 0 bridgehead atoms. The predicted octanol–water partition coefficient (Wildman–Crippen LogP) is 0.392. The number of rotatable bonds is 4. The van der Waals surface area contributed by atoms with Crippen molar-refractivity contribution in [3.05, 3.63) is 0 Å². The zero-order valence-electron chi connectivity index (χ0n) is 11.2. The van der Waals surface area contributed by atoms with Crippen molar-refractivity contribution in [1.29, 1.82) is 0 Å². The molecule has 2 heterocycles. The van der Waals surface area contributed by atoms with Gasteiger partial charge in [0.2, 0.25) is 5.91 Å². The minimum absolute atomic E-state index is 0.0976. The van der Waals surface area contributed by atoms with Gasteiger partial charge < -0.3 is 19.7 Å². The fourth-order valence-electron chi connectivity index (χ4n) is 2.53. The van der Waals surface area contributed by atoms with Gasteiger partial charge in [0.1, 0.15) is 6.61 Å². The lowest BCUT2D eigenvalue weighted by Crippen LogP contribution is -2.43. The van der Waals surface area contributed by atoms with Gasteiger partial charge in [-0.3, -0.25) is 4.79 Å². The van der Waals surface area contributed by atoms with Gasteiger partial charge in [-0.25, -0.2) is 0 Å². The minimum Gasteiger partial charge on any atom is -0.381 e. The molecule has 0 aromatic heterocycles. The molecule has 0 aromatic rings. The van der Waals surface area contributed by atoms with Gasteiger partial charge in [0.05, 0.1) is 6.10 Å². The molecule has 2 aliphatic rings. The summed E-state index contributed by atoms with van der Waals surface area (Å²) >= 11 is 0. The number of likely N-dealkylation sites (N-methyl/N-ethyl adjacent to an activating group) is 1. The Balaban J connectivity index is 1.69. The third-order valence-corrected chi connectivity index (χ3v) is 3.86. The minimum atomic E-state index is 0.0976. The topological polar surface area (TPSA) is 50.8 Å². The van der Waals surface area contributed by atoms with Gasteiger partial charge in [0, 0.05) is 26.3 Å². The summed E-state index contributed by atoms with van der Waals surface area (Å²) in [5.41, 5.74) is 0. The lowest BCUT2D eigenvalue weighted by molar-refractivity contribution is -0.141. The molecule has 2 fully saturated rings. The van der Waals surface area contributed by atoms with Gasteiger partial charge in [0.25, 0.3) is 0 Å². The molecule has 2 aliphatic heterocycles. The van der Waals surface area contributed by atoms with E-state index in [1.807, 2.05) is 11.9 Å². The number of amides is 1. The van der Waals surface area contributed by atoms with Crippen molar-refractivity contribution in [3.8, 4) is 0 Å². The Morgan fingerprint density at radius 2 is 1.94 bits per heavy atom. The Kier molecular flexibility index (Phi) is 5.41. The number of carbonyl (C=O) groups excluding carboxylic acids is 1. The summed E-state index contributed by atoms with van der Waals surface area (Å²) in [5, 5.41) is 3.29. The Bertz CT molecular complexity index is 261. The van der Waals surface area contributed by atoms with Crippen LogP contribution in [0.1, 0.15) is 25.7 Å². The molecule has 0 spiro atoms. The predicted molar refractivity (Wildman–Crippen MR) is 68.5 cm³/mol. The first-order chi connectivity index (χ1) is 8.77. The van der Waals surface area contributed by atoms with E-state index in [0.29, 0.717) is 6.04 Å². The monoisotopic (exact) mass is 256 g/mol. The summed E-state index contributed by atoms with van der Waals surface area (Å²) in [7, 11) is 1.88. The van der Waals surface area contributed by atoms with E-state index >= 15 is 0 Å². The second kappa shape index (κ2) is 7.07. The van der Waals surface area contributed by atoms with E-state index in [9.17, 15) is 4.79 Å². The van der Waals surface area contributed by atoms with Crippen LogP contribution in [0.25, 0.3) is 0 Å². The lowest BCUT2D eigenvalue weighted by atomic mass is 10.1. The van der Waals surface area contributed by atoms with Crippen LogP contribution in [0.4, 0.5) is 0 Å². The summed E-state index contributed by atoms with van der Waals surface area (Å²) < 4.78 is 11.0. The highest BCUT2D eigenvalue weighted by molar-refractivity contribution is 5.77. The van der Waals surface area contributed by atoms with E-state index in [1.54, 1.807) is 0 Å². The number of piperidine rings is 1. The average Bonchev–Trinajstić information content (AvgIpc) is 2.46. The molecule has 5 nitrogen and oxygen atoms in total. The molecule has 0 radical (unpaired) electrons. The number of carbonyl (C=O) groups is 1. The second-order valence-corrected chi connectivity index (χ2v) is 5.11. The van der Waals surface area contributed by atoms with E-state index in [1.165, 1.54) is 0 Å². The molecule has 18 heavy (non-hydrogen) atoms. The van der Waals surface area contributed by atoms with E-state index in [0.717, 1.165) is 52.0 Å². The summed E-state index contributed by atoms with van der Waals surface area (Å²) in [5.74, 6) is 0.0976. The van der Waals surface area contributed by atoms with Gasteiger partial charge in [0.15, 0.2) is 0 Å². The third-order valence-electron chi connectivity index (χ3n) is 3.86. The first-order valence-corrected chi connectivity index (χ1v) is 6.93. The molecule has 0 unspecified atom stereocenters. The summed E-state index contributed by atoms with van der Waals surface area (Å²) in [6.45, 7) is 3.73. The smallest absolute Gasteiger partial charge is 0.248 e. The fraction of sp³-hybridized carbons (Fsp3) is 0.923. The highest BCUT2D eigenvalue weighted by atomic mass is 16.5. The van der Waals surface area contributed by atoms with Crippen molar-refractivity contribution in [3.63, 3.8) is 0 Å². The molecule has 2 rings (SSSR count). The van der Waals surface area contributed by atoms with Gasteiger partial charge in [-0.15, -0.1) is 0 Å². The molecule has 0 saturated carbocycles. The lowest BCUT2D eigenvalue weighted by Gasteiger charge is -2.32. The van der Waals surface area contributed by atoms with Crippen molar-refractivity contribution < 1.29 is 14.3 Å². The molecular formula is C13H24N2O3. The van der Waals surface area contributed by atoms with E-state index in [2.05, 4.69) is 5.32 Å². The number of hydrogen-bond donors (Lipinski definition) is 1. The summed E-state index contributed by atoms with van der Waals surface area (Å²) in [4.78, 5) is 13.9. The first-order valence-electron chi connectivity index (χ1n) is 6.93. The molecule has 0 aliphatic carbocycles. The van der Waals surface area contributed by atoms with Crippen molar-refractivity contribution in [1.82, 2.24) is 10.2 Å². The van der Waals surface area contributed by atoms with Gasteiger partial charge in [-0.2, -0.15) is 0 Å². The normalized spacial score (nSPS) is 22.9. The highest BCUT2D eigenvalue weighted by Gasteiger charge is 2.23. The first kappa shape index (κ1) is 13.8. The fourth-order valence-corrected chi connectivity index (χ4v) is 2.53. The van der Waals surface area contributed by atoms with E-state index < -0.39 is 0 Å². The van der Waals surface area contributed by atoms with Crippen molar-refractivity contribution in [2.24, 2.45) is 0 Å². The van der Waals surface area contributed by atoms with Crippen LogP contribution in [0.5, 0.6) is 0 Å². The van der Waals surface area contributed by atoms with Crippen LogP contribution >= 0.6 is 0 Å². The highest BCUT2D eigenvalue weighted by Crippen LogP contribution is 2.13. The SMILES string of the molecule is CN(C(=O)COC1CCNCC1)C1CCOCC1. The van der Waals surface area contributed by atoms with Crippen molar-refractivity contribution in [2.75, 3.05) is 40.0 Å². The second-order valence-electron chi connectivity index (χ2n) is 5.11. The standard InChI is InChI=1S/C13H24N2O3/c1-15(11-4-8-17-9-5-11)13(16)10-18-12-2-6-14-7-3-12/h11-12,14H,2-10H2,1H3. The Hall–Kier alpha value is -0.650. The maximum Gasteiger partial charge on any atom is 0.248 e. The molecule has 104 valence electrons. The van der Waals surface area contributed by atoms with E-state index in [-0.39, 0.29) is 18.6 Å². The molecule has 1 amide bonds. The maximum absolute atomic E-state index is 12.0. The van der Waals surface area contributed by atoms with Crippen molar-refractivity contribution >= 4 is 5.91 Å². The Morgan fingerprint density at radius 1 is 1.28 bits per heavy atom. The molecule has 0 atom stereocenters. The number of nitrogens with one attached hydrogen (secondary N) is 1. The van der Waals surface area contributed by atoms with E-state index in [4.69, 9.17) is 9.47 Å². The van der Waals surface area contributed by atoms with Gasteiger partial charge in [-0.05, 0) is 38.8 Å². The van der Waals surface area contributed by atoms with Crippen LogP contribution in [0.2, 0.25) is 0 Å². The van der Waals surface area contributed by atoms with Crippen LogP contribution in [0.3, 0.4) is 0 Å². The third kappa shape index (κ3) is 3.93. The van der Waals surface area contributed by atoms with Crippen LogP contribution in [-0.2, 0) is 14.3 Å². The number of nitrogens with zero attached hydrogens (tertiary/aromatic N) is 1. The zero-order chi connectivity index (χ0) is 12.8. The molecule has 1 N–H and O–H groups in total. The zero-order valence-corrected chi connectivity index (χ0v) is 11.2. The molecule has 2 saturated heterocycles. The maximum atomic E-state index is 12.0. The van der Waals surface area contributed by atoms with Crippen LogP contribution < -0.4 is 5.32 Å². The molecule has 5 heteroatoms. The molecule has 0 aromatic carbocycles. The summed E-state index contributed by atoms with van der Waals surface area (Å²) in [6, 6.07) is 0.322. The van der Waals surface area contributed by atoms with Crippen LogP contribution in [-0.4, -0.2) is 62.9 Å². The number of ether oxygens (including phenoxy) is 2. The van der Waals surface area contributed by atoms with Gasteiger partial charge >= 0.3 is 0 Å². The van der Waals surface area contributed by atoms with Gasteiger partial charge in [-0.1, -0.05) is 0 Å². The van der Waals surface area contributed by atoms with Crippen LogP contribution in [0.15, 0.2) is 0 Å². The summed E-state index contributed by atoms with van der Waals surface area (Å²) in [6.07, 6.45) is 4.14.